The maximum absolute atomic E-state index is 13.3. The van der Waals surface area contributed by atoms with E-state index in [0.29, 0.717) is 0 Å². The zero-order valence-corrected chi connectivity index (χ0v) is 10.3. The molecule has 0 spiro atoms. The van der Waals surface area contributed by atoms with E-state index in [1.165, 1.54) is 7.11 Å². The molecule has 0 bridgehead atoms. The summed E-state index contributed by atoms with van der Waals surface area (Å²) in [6.07, 6.45) is -1.35. The number of alkyl halides is 1. The average molecular weight is 303 g/mol. The van der Waals surface area contributed by atoms with Crippen molar-refractivity contribution in [1.82, 2.24) is 0 Å². The minimum atomic E-state index is -2.23. The summed E-state index contributed by atoms with van der Waals surface area (Å²) in [4.78, 5) is 0. The number of hydrogen-bond acceptors (Lipinski definition) is 2. The van der Waals surface area contributed by atoms with Gasteiger partial charge in [0.15, 0.2) is 5.75 Å². The number of rotatable bonds is 3. The average Bonchev–Trinajstić information content (AvgIpc) is 2.38. The van der Waals surface area contributed by atoms with Gasteiger partial charge in [0, 0.05) is 13.5 Å². The Hall–Kier alpha value is -1.08. The first-order valence-corrected chi connectivity index (χ1v) is 5.67. The van der Waals surface area contributed by atoms with Crippen molar-refractivity contribution in [3.63, 3.8) is 0 Å². The van der Waals surface area contributed by atoms with Crippen LogP contribution in [0.2, 0.25) is 0 Å². The third-order valence-corrected chi connectivity index (χ3v) is 3.32. The monoisotopic (exact) mass is 302 g/mol. The quantitative estimate of drug-likeness (QED) is 0.369. The lowest BCUT2D eigenvalue weighted by Gasteiger charge is -2.39. The minimum Gasteiger partial charge on any atom is -0.481 e. The predicted molar refractivity (Wildman–Crippen MR) is 55.7 cm³/mol. The number of halogens is 6. The number of methoxy groups -OCH3 is 1. The largest absolute Gasteiger partial charge is 0.481 e. The molecular formula is C11H8ClF5O2. The summed E-state index contributed by atoms with van der Waals surface area (Å²) in [6.45, 7) is 0. The first-order valence-electron chi connectivity index (χ1n) is 5.23. The molecule has 0 N–H and O–H groups in total. The van der Waals surface area contributed by atoms with Crippen LogP contribution < -0.4 is 4.74 Å². The fourth-order valence-electron chi connectivity index (χ4n) is 1.78. The van der Waals surface area contributed by atoms with Crippen LogP contribution in [0.25, 0.3) is 0 Å². The fourth-order valence-corrected chi connectivity index (χ4v) is 2.22. The molecule has 1 aromatic carbocycles. The van der Waals surface area contributed by atoms with Crippen molar-refractivity contribution in [2.75, 3.05) is 7.11 Å². The van der Waals surface area contributed by atoms with Crippen LogP contribution in [0, 0.1) is 29.1 Å². The van der Waals surface area contributed by atoms with E-state index < -0.39 is 52.4 Å². The van der Waals surface area contributed by atoms with Crippen LogP contribution in [0.3, 0.4) is 0 Å². The van der Waals surface area contributed by atoms with Gasteiger partial charge in [-0.1, -0.05) is 0 Å². The zero-order valence-electron chi connectivity index (χ0n) is 9.52. The Morgan fingerprint density at radius 2 is 1.42 bits per heavy atom. The molecule has 0 radical (unpaired) electrons. The summed E-state index contributed by atoms with van der Waals surface area (Å²) >= 11 is 5.74. The van der Waals surface area contributed by atoms with E-state index in [1.807, 2.05) is 0 Å². The summed E-state index contributed by atoms with van der Waals surface area (Å²) < 4.78 is 75.0. The van der Waals surface area contributed by atoms with Crippen LogP contribution >= 0.6 is 11.6 Å². The normalized spacial score (nSPS) is 26.2. The zero-order chi connectivity index (χ0) is 14.3. The van der Waals surface area contributed by atoms with E-state index in [0.717, 1.165) is 0 Å². The molecule has 1 saturated carbocycles. The lowest BCUT2D eigenvalue weighted by molar-refractivity contribution is -0.0615. The molecule has 1 aliphatic rings. The highest BCUT2D eigenvalue weighted by Gasteiger charge is 2.43. The first-order chi connectivity index (χ1) is 8.88. The summed E-state index contributed by atoms with van der Waals surface area (Å²) in [6, 6.07) is 0. The second-order valence-corrected chi connectivity index (χ2v) is 4.57. The van der Waals surface area contributed by atoms with E-state index in [2.05, 4.69) is 0 Å². The van der Waals surface area contributed by atoms with Gasteiger partial charge in [0.25, 0.3) is 0 Å². The van der Waals surface area contributed by atoms with Crippen molar-refractivity contribution < 1.29 is 31.4 Å². The highest BCUT2D eigenvalue weighted by Crippen LogP contribution is 2.36. The molecule has 1 aliphatic carbocycles. The Morgan fingerprint density at radius 1 is 0.947 bits per heavy atom. The van der Waals surface area contributed by atoms with E-state index in [9.17, 15) is 22.0 Å². The Morgan fingerprint density at radius 3 is 1.84 bits per heavy atom. The van der Waals surface area contributed by atoms with E-state index >= 15 is 0 Å². The molecule has 1 aromatic rings. The molecule has 106 valence electrons. The Balaban J connectivity index is 2.31. The van der Waals surface area contributed by atoms with Crippen molar-refractivity contribution >= 4 is 11.6 Å². The van der Waals surface area contributed by atoms with Gasteiger partial charge in [0.2, 0.25) is 29.1 Å². The molecule has 3 unspecified atom stereocenters. The molecule has 3 atom stereocenters. The van der Waals surface area contributed by atoms with Crippen LogP contribution in [-0.4, -0.2) is 24.7 Å². The Labute approximate surface area is 110 Å². The van der Waals surface area contributed by atoms with Crippen molar-refractivity contribution in [2.45, 2.75) is 24.0 Å². The van der Waals surface area contributed by atoms with Crippen LogP contribution in [0.5, 0.6) is 5.75 Å². The number of hydrogen-bond donors (Lipinski definition) is 0. The van der Waals surface area contributed by atoms with Crippen molar-refractivity contribution in [1.29, 1.82) is 0 Å². The molecule has 1 fully saturated rings. The summed E-state index contributed by atoms with van der Waals surface area (Å²) in [7, 11) is 1.30. The number of ether oxygens (including phenoxy) is 2. The smallest absolute Gasteiger partial charge is 0.207 e. The fraction of sp³-hybridized carbons (Fsp3) is 0.455. The molecule has 0 aromatic heterocycles. The van der Waals surface area contributed by atoms with Gasteiger partial charge < -0.3 is 9.47 Å². The van der Waals surface area contributed by atoms with Crippen LogP contribution in [0.4, 0.5) is 22.0 Å². The lowest BCUT2D eigenvalue weighted by atomic mass is 9.91. The van der Waals surface area contributed by atoms with Crippen molar-refractivity contribution in [3.8, 4) is 5.75 Å². The van der Waals surface area contributed by atoms with E-state index in [-0.39, 0.29) is 6.42 Å². The standard InChI is InChI=1S/C11H8ClF5O2/c1-18-10-3(12)2-4(10)19-11-8(16)6(14)5(13)7(15)9(11)17/h3-4,10H,2H2,1H3. The SMILES string of the molecule is COC1C(Cl)CC1Oc1c(F)c(F)c(F)c(F)c1F. The molecule has 0 amide bonds. The van der Waals surface area contributed by atoms with Crippen LogP contribution in [0.15, 0.2) is 0 Å². The molecule has 19 heavy (non-hydrogen) atoms. The van der Waals surface area contributed by atoms with Crippen LogP contribution in [-0.2, 0) is 4.74 Å². The second-order valence-electron chi connectivity index (χ2n) is 4.01. The summed E-state index contributed by atoms with van der Waals surface area (Å²) in [5, 5.41) is -0.434. The number of benzene rings is 1. The van der Waals surface area contributed by atoms with Gasteiger partial charge in [-0.3, -0.25) is 0 Å². The molecule has 2 rings (SSSR count). The predicted octanol–water partition coefficient (Wildman–Crippen LogP) is 3.16. The third-order valence-electron chi connectivity index (χ3n) is 2.89. The second kappa shape index (κ2) is 5.13. The highest BCUT2D eigenvalue weighted by atomic mass is 35.5. The van der Waals surface area contributed by atoms with Gasteiger partial charge in [-0.25, -0.2) is 13.2 Å². The van der Waals surface area contributed by atoms with Crippen molar-refractivity contribution in [2.24, 2.45) is 0 Å². The van der Waals surface area contributed by atoms with Gasteiger partial charge in [-0.15, -0.1) is 11.6 Å². The topological polar surface area (TPSA) is 18.5 Å². The Bertz CT molecular complexity index is 481. The minimum absolute atomic E-state index is 0.180. The molecule has 0 heterocycles. The molecule has 0 aliphatic heterocycles. The van der Waals surface area contributed by atoms with Crippen molar-refractivity contribution in [3.05, 3.63) is 29.1 Å². The van der Waals surface area contributed by atoms with Gasteiger partial charge in [-0.2, -0.15) is 8.78 Å². The molecular weight excluding hydrogens is 295 g/mol. The first kappa shape index (κ1) is 14.3. The summed E-state index contributed by atoms with van der Waals surface area (Å²) in [5.74, 6) is -11.7. The Kier molecular flexibility index (Phi) is 3.87. The highest BCUT2D eigenvalue weighted by molar-refractivity contribution is 6.21. The lowest BCUT2D eigenvalue weighted by Crippen LogP contribution is -2.52. The van der Waals surface area contributed by atoms with E-state index in [4.69, 9.17) is 21.1 Å². The van der Waals surface area contributed by atoms with E-state index in [1.54, 1.807) is 0 Å². The maximum Gasteiger partial charge on any atom is 0.207 e. The van der Waals surface area contributed by atoms with Gasteiger partial charge >= 0.3 is 0 Å². The van der Waals surface area contributed by atoms with Crippen LogP contribution in [0.1, 0.15) is 6.42 Å². The maximum atomic E-state index is 13.3. The summed E-state index contributed by atoms with van der Waals surface area (Å²) in [5.41, 5.74) is 0. The molecule has 8 heteroatoms. The third kappa shape index (κ3) is 2.25. The van der Waals surface area contributed by atoms with Gasteiger partial charge in [0.1, 0.15) is 12.2 Å². The van der Waals surface area contributed by atoms with Gasteiger partial charge in [-0.05, 0) is 0 Å². The molecule has 2 nitrogen and oxygen atoms in total. The van der Waals surface area contributed by atoms with Gasteiger partial charge in [0.05, 0.1) is 5.38 Å². The molecule has 0 saturated heterocycles.